The van der Waals surface area contributed by atoms with Crippen LogP contribution in [0.25, 0.3) is 10.2 Å². The molecule has 0 saturated heterocycles. The number of thiazole rings is 1. The number of nitrogens with zero attached hydrogens (tertiary/aromatic N) is 1. The lowest BCUT2D eigenvalue weighted by Gasteiger charge is -2.09. The van der Waals surface area contributed by atoms with Crippen molar-refractivity contribution in [1.29, 1.82) is 0 Å². The van der Waals surface area contributed by atoms with Gasteiger partial charge >= 0.3 is 0 Å². The molecular formula is C18H15ClN2O3S. The van der Waals surface area contributed by atoms with E-state index in [0.29, 0.717) is 27.0 Å². The van der Waals surface area contributed by atoms with Crippen molar-refractivity contribution in [2.24, 2.45) is 0 Å². The molecule has 5 nitrogen and oxygen atoms in total. The molecule has 0 unspecified atom stereocenters. The molecule has 1 N–H and O–H groups in total. The fourth-order valence-electron chi connectivity index (χ4n) is 2.42. The first-order chi connectivity index (χ1) is 12.0. The SMILES string of the molecule is COc1ccc(C(C)=O)cc1CC(=O)Nc1nc2ccc(Cl)cc2s1. The van der Waals surface area contributed by atoms with E-state index in [4.69, 9.17) is 16.3 Å². The number of carbonyl (C=O) groups excluding carboxylic acids is 2. The first kappa shape index (κ1) is 17.4. The summed E-state index contributed by atoms with van der Waals surface area (Å²) in [5.41, 5.74) is 1.97. The first-order valence-corrected chi connectivity index (χ1v) is 8.69. The molecule has 25 heavy (non-hydrogen) atoms. The second-order valence-corrected chi connectivity index (χ2v) is 6.91. The van der Waals surface area contributed by atoms with Gasteiger partial charge in [0.1, 0.15) is 5.75 Å². The summed E-state index contributed by atoms with van der Waals surface area (Å²) in [4.78, 5) is 28.3. The molecule has 7 heteroatoms. The van der Waals surface area contributed by atoms with Crippen LogP contribution in [0.4, 0.5) is 5.13 Å². The molecule has 0 bridgehead atoms. The van der Waals surface area contributed by atoms with Gasteiger partial charge in [-0.25, -0.2) is 4.98 Å². The van der Waals surface area contributed by atoms with E-state index >= 15 is 0 Å². The van der Waals surface area contributed by atoms with Crippen LogP contribution in [0.5, 0.6) is 5.75 Å². The van der Waals surface area contributed by atoms with Crippen molar-refractivity contribution in [3.05, 3.63) is 52.5 Å². The van der Waals surface area contributed by atoms with E-state index < -0.39 is 0 Å². The average molecular weight is 375 g/mol. The van der Waals surface area contributed by atoms with Gasteiger partial charge in [0.05, 0.1) is 23.7 Å². The average Bonchev–Trinajstić information content (AvgIpc) is 2.95. The molecule has 1 heterocycles. The Morgan fingerprint density at radius 2 is 2.04 bits per heavy atom. The van der Waals surface area contributed by atoms with Crippen molar-refractivity contribution < 1.29 is 14.3 Å². The number of Topliss-reactive ketones (excluding diaryl/α,β-unsaturated/α-hetero) is 1. The molecule has 0 radical (unpaired) electrons. The molecule has 1 aromatic heterocycles. The fraction of sp³-hybridized carbons (Fsp3) is 0.167. The third-order valence-corrected chi connectivity index (χ3v) is 4.80. The van der Waals surface area contributed by atoms with Crippen molar-refractivity contribution in [3.8, 4) is 5.75 Å². The molecule has 0 aliphatic rings. The smallest absolute Gasteiger partial charge is 0.230 e. The van der Waals surface area contributed by atoms with Crippen LogP contribution in [0.3, 0.4) is 0 Å². The minimum atomic E-state index is -0.232. The molecule has 1 amide bonds. The Kier molecular flexibility index (Phi) is 5.01. The molecule has 0 aliphatic carbocycles. The molecule has 128 valence electrons. The predicted molar refractivity (Wildman–Crippen MR) is 100.0 cm³/mol. The summed E-state index contributed by atoms with van der Waals surface area (Å²) in [5.74, 6) is 0.271. The summed E-state index contributed by atoms with van der Waals surface area (Å²) in [6.07, 6.45) is 0.0843. The van der Waals surface area contributed by atoms with E-state index in [1.54, 1.807) is 24.3 Å². The number of carbonyl (C=O) groups is 2. The van der Waals surface area contributed by atoms with Crippen molar-refractivity contribution in [2.75, 3.05) is 12.4 Å². The summed E-state index contributed by atoms with van der Waals surface area (Å²) < 4.78 is 6.18. The van der Waals surface area contributed by atoms with E-state index in [-0.39, 0.29) is 18.1 Å². The van der Waals surface area contributed by atoms with Gasteiger partial charge in [-0.3, -0.25) is 9.59 Å². The highest BCUT2D eigenvalue weighted by Crippen LogP contribution is 2.28. The summed E-state index contributed by atoms with van der Waals surface area (Å²) in [6.45, 7) is 1.48. The minimum absolute atomic E-state index is 0.0626. The van der Waals surface area contributed by atoms with Crippen LogP contribution in [0.1, 0.15) is 22.8 Å². The maximum atomic E-state index is 12.4. The molecule has 0 fully saturated rings. The van der Waals surface area contributed by atoms with Gasteiger partial charge in [-0.05, 0) is 43.3 Å². The molecule has 0 aliphatic heterocycles. The number of rotatable bonds is 5. The lowest BCUT2D eigenvalue weighted by Crippen LogP contribution is -2.15. The van der Waals surface area contributed by atoms with E-state index in [0.717, 1.165) is 10.2 Å². The van der Waals surface area contributed by atoms with Gasteiger partial charge in [0.25, 0.3) is 0 Å². The van der Waals surface area contributed by atoms with E-state index in [1.807, 2.05) is 12.1 Å². The molecule has 3 rings (SSSR count). The zero-order valence-corrected chi connectivity index (χ0v) is 15.2. The molecule has 0 saturated carbocycles. The van der Waals surface area contributed by atoms with E-state index in [2.05, 4.69) is 10.3 Å². The van der Waals surface area contributed by atoms with Gasteiger partial charge in [0.2, 0.25) is 5.91 Å². The monoisotopic (exact) mass is 374 g/mol. The zero-order valence-electron chi connectivity index (χ0n) is 13.6. The number of ketones is 1. The number of amides is 1. The summed E-state index contributed by atoms with van der Waals surface area (Å²) in [7, 11) is 1.53. The summed E-state index contributed by atoms with van der Waals surface area (Å²) >= 11 is 7.32. The normalized spacial score (nSPS) is 10.7. The summed E-state index contributed by atoms with van der Waals surface area (Å²) in [6, 6.07) is 10.4. The number of methoxy groups -OCH3 is 1. The third kappa shape index (κ3) is 3.97. The minimum Gasteiger partial charge on any atom is -0.496 e. The number of ether oxygens (including phenoxy) is 1. The number of halogens is 1. The van der Waals surface area contributed by atoms with Crippen molar-refractivity contribution in [1.82, 2.24) is 4.98 Å². The van der Waals surface area contributed by atoms with Crippen molar-refractivity contribution >= 4 is 50.0 Å². The number of fused-ring (bicyclic) bond motifs is 1. The van der Waals surface area contributed by atoms with Gasteiger partial charge in [-0.2, -0.15) is 0 Å². The topological polar surface area (TPSA) is 68.3 Å². The molecule has 3 aromatic rings. The molecule has 0 spiro atoms. The standard InChI is InChI=1S/C18H15ClN2O3S/c1-10(22)11-3-6-15(24-2)12(7-11)8-17(23)21-18-20-14-5-4-13(19)9-16(14)25-18/h3-7,9H,8H2,1-2H3,(H,20,21,23). The van der Waals surface area contributed by atoms with Crippen molar-refractivity contribution in [3.63, 3.8) is 0 Å². The predicted octanol–water partition coefficient (Wildman–Crippen LogP) is 4.34. The Balaban J connectivity index is 1.79. The van der Waals surface area contributed by atoms with Crippen LogP contribution in [0, 0.1) is 0 Å². The molecule has 0 atom stereocenters. The Morgan fingerprint density at radius 3 is 2.76 bits per heavy atom. The van der Waals surface area contributed by atoms with Gasteiger partial charge in [0.15, 0.2) is 10.9 Å². The van der Waals surface area contributed by atoms with Crippen LogP contribution in [0.15, 0.2) is 36.4 Å². The van der Waals surface area contributed by atoms with Gasteiger partial charge in [-0.15, -0.1) is 0 Å². The fourth-order valence-corrected chi connectivity index (χ4v) is 3.58. The van der Waals surface area contributed by atoms with Crippen LogP contribution < -0.4 is 10.1 Å². The quantitative estimate of drug-likeness (QED) is 0.674. The lowest BCUT2D eigenvalue weighted by molar-refractivity contribution is -0.115. The van der Waals surface area contributed by atoms with E-state index in [9.17, 15) is 9.59 Å². The van der Waals surface area contributed by atoms with Gasteiger partial charge < -0.3 is 10.1 Å². The number of hydrogen-bond donors (Lipinski definition) is 1. The van der Waals surface area contributed by atoms with Crippen LogP contribution in [0.2, 0.25) is 5.02 Å². The molecule has 2 aromatic carbocycles. The second kappa shape index (κ2) is 7.21. The summed E-state index contributed by atoms with van der Waals surface area (Å²) in [5, 5.41) is 3.91. The Labute approximate surface area is 153 Å². The Morgan fingerprint density at radius 1 is 1.24 bits per heavy atom. The highest BCUT2D eigenvalue weighted by Gasteiger charge is 2.13. The Hall–Kier alpha value is -2.44. The first-order valence-electron chi connectivity index (χ1n) is 7.50. The number of benzene rings is 2. The number of hydrogen-bond acceptors (Lipinski definition) is 5. The maximum Gasteiger partial charge on any atom is 0.230 e. The number of aromatic nitrogens is 1. The zero-order chi connectivity index (χ0) is 18.0. The van der Waals surface area contributed by atoms with Gasteiger partial charge in [-0.1, -0.05) is 22.9 Å². The van der Waals surface area contributed by atoms with E-state index in [1.165, 1.54) is 25.4 Å². The van der Waals surface area contributed by atoms with Crippen LogP contribution >= 0.6 is 22.9 Å². The number of nitrogens with one attached hydrogen (secondary N) is 1. The third-order valence-electron chi connectivity index (χ3n) is 3.63. The van der Waals surface area contributed by atoms with Gasteiger partial charge in [0, 0.05) is 16.1 Å². The largest absolute Gasteiger partial charge is 0.496 e. The lowest BCUT2D eigenvalue weighted by atomic mass is 10.0. The maximum absolute atomic E-state index is 12.4. The highest BCUT2D eigenvalue weighted by molar-refractivity contribution is 7.22. The Bertz CT molecular complexity index is 968. The number of anilines is 1. The van der Waals surface area contributed by atoms with Crippen LogP contribution in [-0.4, -0.2) is 23.8 Å². The molecular weight excluding hydrogens is 360 g/mol. The highest BCUT2D eigenvalue weighted by atomic mass is 35.5. The van der Waals surface area contributed by atoms with Crippen molar-refractivity contribution in [2.45, 2.75) is 13.3 Å². The second-order valence-electron chi connectivity index (χ2n) is 5.44. The van der Waals surface area contributed by atoms with Crippen LogP contribution in [-0.2, 0) is 11.2 Å².